The molecule has 0 bridgehead atoms. The number of thioether (sulfide) groups is 1. The van der Waals surface area contributed by atoms with Gasteiger partial charge in [0.2, 0.25) is 0 Å². The lowest BCUT2D eigenvalue weighted by Gasteiger charge is -2.19. The summed E-state index contributed by atoms with van der Waals surface area (Å²) in [7, 11) is 0. The molecule has 2 unspecified atom stereocenters. The van der Waals surface area contributed by atoms with Gasteiger partial charge in [-0.05, 0) is 37.1 Å². The van der Waals surface area contributed by atoms with Gasteiger partial charge in [0, 0.05) is 17.8 Å². The van der Waals surface area contributed by atoms with Gasteiger partial charge in [-0.3, -0.25) is 0 Å². The van der Waals surface area contributed by atoms with Gasteiger partial charge in [-0.15, -0.1) is 0 Å². The second-order valence-electron chi connectivity index (χ2n) is 4.62. The molecule has 0 saturated heterocycles. The van der Waals surface area contributed by atoms with E-state index in [1.807, 2.05) is 11.8 Å². The Morgan fingerprint density at radius 2 is 2.12 bits per heavy atom. The zero-order chi connectivity index (χ0) is 11.4. The third kappa shape index (κ3) is 2.80. The second-order valence-corrected chi connectivity index (χ2v) is 5.70. The predicted octanol–water partition coefficient (Wildman–Crippen LogP) is 3.37. The molecule has 1 aliphatic rings. The zero-order valence-corrected chi connectivity index (χ0v) is 11.0. The first-order valence-electron chi connectivity index (χ1n) is 6.12. The normalized spacial score (nSPS) is 24.9. The van der Waals surface area contributed by atoms with E-state index in [0.29, 0.717) is 0 Å². The molecule has 0 radical (unpaired) electrons. The van der Waals surface area contributed by atoms with Crippen LogP contribution in [-0.2, 0) is 6.54 Å². The minimum atomic E-state index is 0.717. The summed E-state index contributed by atoms with van der Waals surface area (Å²) in [5.41, 5.74) is 2.84. The molecule has 0 heterocycles. The van der Waals surface area contributed by atoms with Crippen molar-refractivity contribution in [2.75, 3.05) is 6.26 Å². The van der Waals surface area contributed by atoms with Crippen molar-refractivity contribution in [2.24, 2.45) is 0 Å². The fraction of sp³-hybridized carbons (Fsp3) is 0.571. The number of aryl methyl sites for hydroxylation is 1. The van der Waals surface area contributed by atoms with E-state index in [1.165, 1.54) is 30.4 Å². The van der Waals surface area contributed by atoms with Crippen LogP contribution in [0.1, 0.15) is 30.4 Å². The van der Waals surface area contributed by atoms with Crippen LogP contribution in [-0.4, -0.2) is 17.5 Å². The van der Waals surface area contributed by atoms with Crippen LogP contribution >= 0.6 is 11.8 Å². The third-order valence-corrected chi connectivity index (χ3v) is 4.74. The molecule has 1 N–H and O–H groups in total. The fourth-order valence-corrected chi connectivity index (χ4v) is 3.45. The second kappa shape index (κ2) is 5.74. The molecule has 1 aliphatic carbocycles. The average molecular weight is 235 g/mol. The summed E-state index contributed by atoms with van der Waals surface area (Å²) in [6.45, 7) is 3.21. The van der Waals surface area contributed by atoms with Gasteiger partial charge in [0.1, 0.15) is 0 Å². The van der Waals surface area contributed by atoms with Crippen LogP contribution in [0.2, 0.25) is 0 Å². The zero-order valence-electron chi connectivity index (χ0n) is 10.2. The lowest BCUT2D eigenvalue weighted by Crippen LogP contribution is -2.33. The molecule has 0 aliphatic heterocycles. The Kier molecular flexibility index (Phi) is 4.30. The van der Waals surface area contributed by atoms with E-state index in [1.54, 1.807) is 0 Å². The van der Waals surface area contributed by atoms with E-state index in [0.717, 1.165) is 17.8 Å². The Balaban J connectivity index is 1.90. The van der Waals surface area contributed by atoms with Crippen LogP contribution in [0.3, 0.4) is 0 Å². The van der Waals surface area contributed by atoms with Crippen LogP contribution in [0.15, 0.2) is 24.3 Å². The standard InChI is InChI=1S/C14H21NS/c1-11-6-3-4-7-12(11)10-15-13-8-5-9-14(13)16-2/h3-4,6-7,13-15H,5,8-10H2,1-2H3. The quantitative estimate of drug-likeness (QED) is 0.859. The molecule has 1 fully saturated rings. The molecule has 1 aromatic rings. The maximum Gasteiger partial charge on any atom is 0.0211 e. The van der Waals surface area contributed by atoms with Crippen LogP contribution in [0.25, 0.3) is 0 Å². The summed E-state index contributed by atoms with van der Waals surface area (Å²) in [5.74, 6) is 0. The molecule has 0 spiro atoms. The van der Waals surface area contributed by atoms with Crippen molar-refractivity contribution in [3.05, 3.63) is 35.4 Å². The van der Waals surface area contributed by atoms with Crippen molar-refractivity contribution < 1.29 is 0 Å². The summed E-state index contributed by atoms with van der Waals surface area (Å²) in [4.78, 5) is 0. The first-order valence-corrected chi connectivity index (χ1v) is 7.40. The van der Waals surface area contributed by atoms with E-state index in [2.05, 4.69) is 42.8 Å². The molecule has 88 valence electrons. The highest BCUT2D eigenvalue weighted by Gasteiger charge is 2.25. The molecule has 0 aromatic heterocycles. The highest BCUT2D eigenvalue weighted by atomic mass is 32.2. The highest BCUT2D eigenvalue weighted by molar-refractivity contribution is 7.99. The molecule has 0 amide bonds. The summed E-state index contributed by atoms with van der Waals surface area (Å²) in [6, 6.07) is 9.38. The predicted molar refractivity (Wildman–Crippen MR) is 73.0 cm³/mol. The highest BCUT2D eigenvalue weighted by Crippen LogP contribution is 2.28. The van der Waals surface area contributed by atoms with E-state index < -0.39 is 0 Å². The molecular formula is C14H21NS. The van der Waals surface area contributed by atoms with Gasteiger partial charge in [-0.2, -0.15) is 11.8 Å². The third-order valence-electron chi connectivity index (χ3n) is 3.57. The van der Waals surface area contributed by atoms with Crippen LogP contribution in [0.5, 0.6) is 0 Å². The van der Waals surface area contributed by atoms with Gasteiger partial charge >= 0.3 is 0 Å². The fourth-order valence-electron chi connectivity index (χ4n) is 2.49. The van der Waals surface area contributed by atoms with Crippen molar-refractivity contribution in [3.8, 4) is 0 Å². The molecule has 1 nitrogen and oxygen atoms in total. The topological polar surface area (TPSA) is 12.0 Å². The van der Waals surface area contributed by atoms with Gasteiger partial charge in [0.05, 0.1) is 0 Å². The lowest BCUT2D eigenvalue weighted by atomic mass is 10.1. The smallest absolute Gasteiger partial charge is 0.0211 e. The number of hydrogen-bond acceptors (Lipinski definition) is 2. The van der Waals surface area contributed by atoms with E-state index in [-0.39, 0.29) is 0 Å². The lowest BCUT2D eigenvalue weighted by molar-refractivity contribution is 0.531. The Labute approximate surface area is 103 Å². The Bertz CT molecular complexity index is 337. The summed E-state index contributed by atoms with van der Waals surface area (Å²) >= 11 is 2.02. The molecule has 1 saturated carbocycles. The van der Waals surface area contributed by atoms with Gasteiger partial charge in [-0.25, -0.2) is 0 Å². The van der Waals surface area contributed by atoms with Crippen molar-refractivity contribution in [1.29, 1.82) is 0 Å². The summed E-state index contributed by atoms with van der Waals surface area (Å²) in [5, 5.41) is 4.54. The first-order chi connectivity index (χ1) is 7.81. The Hall–Kier alpha value is -0.470. The van der Waals surface area contributed by atoms with Crippen LogP contribution < -0.4 is 5.32 Å². The van der Waals surface area contributed by atoms with Crippen LogP contribution in [0, 0.1) is 6.92 Å². The minimum absolute atomic E-state index is 0.717. The number of benzene rings is 1. The van der Waals surface area contributed by atoms with E-state index >= 15 is 0 Å². The SMILES string of the molecule is CSC1CCCC1NCc1ccccc1C. The molecule has 16 heavy (non-hydrogen) atoms. The Morgan fingerprint density at radius 3 is 2.88 bits per heavy atom. The maximum absolute atomic E-state index is 3.72. The molecule has 1 aromatic carbocycles. The molecule has 2 rings (SSSR count). The van der Waals surface area contributed by atoms with Gasteiger partial charge in [-0.1, -0.05) is 30.7 Å². The van der Waals surface area contributed by atoms with Crippen molar-refractivity contribution >= 4 is 11.8 Å². The van der Waals surface area contributed by atoms with Gasteiger partial charge in [0.25, 0.3) is 0 Å². The molecular weight excluding hydrogens is 214 g/mol. The number of rotatable bonds is 4. The van der Waals surface area contributed by atoms with E-state index in [4.69, 9.17) is 0 Å². The summed E-state index contributed by atoms with van der Waals surface area (Å²) in [6.07, 6.45) is 6.35. The number of hydrogen-bond donors (Lipinski definition) is 1. The van der Waals surface area contributed by atoms with Crippen molar-refractivity contribution in [2.45, 2.75) is 44.0 Å². The van der Waals surface area contributed by atoms with Gasteiger partial charge < -0.3 is 5.32 Å². The minimum Gasteiger partial charge on any atom is -0.309 e. The monoisotopic (exact) mass is 235 g/mol. The van der Waals surface area contributed by atoms with Gasteiger partial charge in [0.15, 0.2) is 0 Å². The largest absolute Gasteiger partial charge is 0.309 e. The van der Waals surface area contributed by atoms with Crippen LogP contribution in [0.4, 0.5) is 0 Å². The number of nitrogens with one attached hydrogen (secondary N) is 1. The Morgan fingerprint density at radius 1 is 1.31 bits per heavy atom. The molecule has 2 heteroatoms. The van der Waals surface area contributed by atoms with Crippen molar-refractivity contribution in [1.82, 2.24) is 5.32 Å². The molecule has 2 atom stereocenters. The summed E-state index contributed by atoms with van der Waals surface area (Å²) < 4.78 is 0. The van der Waals surface area contributed by atoms with Crippen molar-refractivity contribution in [3.63, 3.8) is 0 Å². The van der Waals surface area contributed by atoms with E-state index in [9.17, 15) is 0 Å². The average Bonchev–Trinajstić information content (AvgIpc) is 2.75. The maximum atomic E-state index is 3.72. The first kappa shape index (κ1) is 12.0.